The fraction of sp³-hybridized carbons (Fsp3) is 0.0137. The van der Waals surface area contributed by atoms with Crippen molar-refractivity contribution in [3.63, 3.8) is 0 Å². The first-order chi connectivity index (χ1) is 74.4. The lowest BCUT2D eigenvalue weighted by Gasteiger charge is -2.35. The Labute approximate surface area is 878 Å². The molecule has 0 spiro atoms. The smallest absolute Gasteiger partial charge is 0.143 e. The summed E-state index contributed by atoms with van der Waals surface area (Å²) >= 11 is 1.88. The molecule has 0 radical (unpaired) electrons. The quantitative estimate of drug-likeness (QED) is 0.0758. The molecule has 24 aromatic carbocycles. The molecule has 2 aliphatic rings. The van der Waals surface area contributed by atoms with Gasteiger partial charge in [-0.1, -0.05) is 497 Å². The zero-order valence-corrected chi connectivity index (χ0v) is 83.1. The van der Waals surface area contributed by atoms with Gasteiger partial charge in [0.2, 0.25) is 0 Å². The number of benzene rings is 24. The van der Waals surface area contributed by atoms with E-state index in [0.29, 0.717) is 0 Å². The van der Waals surface area contributed by atoms with E-state index >= 15 is 0 Å². The molecule has 0 amide bonds. The Kier molecular flexibility index (Phi) is 23.0. The van der Waals surface area contributed by atoms with Gasteiger partial charge in [0.05, 0.1) is 22.2 Å². The molecule has 0 atom stereocenters. The molecule has 0 saturated heterocycles. The number of anilines is 6. The average molecular weight is 1930 g/mol. The molecule has 0 bridgehead atoms. The summed E-state index contributed by atoms with van der Waals surface area (Å²) in [6.07, 6.45) is 0. The number of para-hydroxylation sites is 2. The Balaban J connectivity index is 0.000000148. The third kappa shape index (κ3) is 15.8. The van der Waals surface area contributed by atoms with E-state index in [4.69, 9.17) is 4.42 Å². The van der Waals surface area contributed by atoms with Crippen LogP contribution in [0.1, 0.15) is 44.5 Å². The highest BCUT2D eigenvalue weighted by atomic mass is 32.1. The number of fused-ring (bicyclic) bond motifs is 12. The molecule has 2 aromatic heterocycles. The van der Waals surface area contributed by atoms with E-state index in [0.717, 1.165) is 95.0 Å². The summed E-state index contributed by atoms with van der Waals surface area (Å²) in [7, 11) is 0. The minimum Gasteiger partial charge on any atom is -0.455 e. The van der Waals surface area contributed by atoms with Crippen molar-refractivity contribution in [1.82, 2.24) is 0 Å². The zero-order valence-electron chi connectivity index (χ0n) is 82.3. The van der Waals surface area contributed by atoms with E-state index in [1.165, 1.54) is 159 Å². The first kappa shape index (κ1) is 89.7. The molecule has 0 aliphatic heterocycles. The molecule has 150 heavy (non-hydrogen) atoms. The van der Waals surface area contributed by atoms with Gasteiger partial charge in [-0.2, -0.15) is 0 Å². The minimum absolute atomic E-state index is 0.625. The van der Waals surface area contributed by atoms with Crippen LogP contribution in [-0.2, 0) is 10.8 Å². The van der Waals surface area contributed by atoms with Gasteiger partial charge >= 0.3 is 0 Å². The normalized spacial score (nSPS) is 12.4. The van der Waals surface area contributed by atoms with E-state index in [1.807, 2.05) is 17.4 Å². The van der Waals surface area contributed by atoms with E-state index in [2.05, 4.69) is 598 Å². The summed E-state index contributed by atoms with van der Waals surface area (Å²) in [4.78, 5) is 4.97. The maximum Gasteiger partial charge on any atom is 0.143 e. The first-order valence-corrected chi connectivity index (χ1v) is 52.4. The third-order valence-electron chi connectivity index (χ3n) is 30.8. The van der Waals surface area contributed by atoms with Crippen molar-refractivity contribution >= 4 is 87.6 Å². The maximum atomic E-state index is 6.59. The predicted molar refractivity (Wildman–Crippen MR) is 631 cm³/mol. The van der Waals surface area contributed by atoms with Gasteiger partial charge in [-0.25, -0.2) is 0 Å². The predicted octanol–water partition coefficient (Wildman–Crippen LogP) is 40.0. The van der Waals surface area contributed by atoms with Gasteiger partial charge in [0.25, 0.3) is 0 Å². The van der Waals surface area contributed by atoms with E-state index in [-0.39, 0.29) is 0 Å². The Hall–Kier alpha value is -19.1. The van der Waals surface area contributed by atoms with Crippen LogP contribution in [-0.4, -0.2) is 0 Å². The SMILES string of the molecule is c1ccc(-c2ccc(-c3cc(-c4ccccc4)ccc3N(c3ccc(-c4cccc5c4oc4ccccc45)cc3)c3ccc4c(c3)C(c3ccccc3)(c3ccccc3)c3cc(-c5ccccc5)ccc3-4)cc2)cc1.c1ccc(-c2ccc(-c3cc(-c4ccccc4)ccc3N(c3ccc(-c4cccc5c4sc4ccccc45)cc3)c3ccc4c(c3)C(c3ccccc3)(c3ccccc3)c3cc(-c5ccccc5)ccc3-4)cc2)cc1. The molecular weight excluding hydrogens is 1830 g/mol. The van der Waals surface area contributed by atoms with E-state index in [9.17, 15) is 0 Å². The number of thiophene rings is 1. The van der Waals surface area contributed by atoms with Crippen molar-refractivity contribution in [2.75, 3.05) is 9.80 Å². The molecule has 0 N–H and O–H groups in total. The second kappa shape index (κ2) is 38.5. The van der Waals surface area contributed by atoms with Crippen molar-refractivity contribution in [2.45, 2.75) is 10.8 Å². The molecule has 0 fully saturated rings. The lowest BCUT2D eigenvalue weighted by molar-refractivity contribution is 0.670. The van der Waals surface area contributed by atoms with Gasteiger partial charge in [0.15, 0.2) is 0 Å². The zero-order chi connectivity index (χ0) is 99.4. The topological polar surface area (TPSA) is 19.6 Å². The van der Waals surface area contributed by atoms with E-state index < -0.39 is 10.8 Å². The molecule has 28 rings (SSSR count). The van der Waals surface area contributed by atoms with Gasteiger partial charge in [0.1, 0.15) is 11.2 Å². The molecule has 2 heterocycles. The fourth-order valence-corrected chi connectivity index (χ4v) is 25.0. The van der Waals surface area contributed by atoms with Gasteiger partial charge < -0.3 is 14.2 Å². The van der Waals surface area contributed by atoms with Crippen LogP contribution in [0.25, 0.3) is 176 Å². The number of rotatable bonds is 20. The van der Waals surface area contributed by atoms with Crippen LogP contribution >= 0.6 is 11.3 Å². The van der Waals surface area contributed by atoms with Crippen molar-refractivity contribution < 1.29 is 4.42 Å². The highest BCUT2D eigenvalue weighted by molar-refractivity contribution is 7.26. The van der Waals surface area contributed by atoms with Crippen molar-refractivity contribution in [1.29, 1.82) is 0 Å². The van der Waals surface area contributed by atoms with Crippen LogP contribution in [0.3, 0.4) is 0 Å². The molecular formula is C146H98N2OS. The summed E-state index contributed by atoms with van der Waals surface area (Å²) in [5.74, 6) is 0. The molecule has 0 saturated carbocycles. The van der Waals surface area contributed by atoms with Gasteiger partial charge in [-0.15, -0.1) is 11.3 Å². The molecule has 704 valence electrons. The van der Waals surface area contributed by atoms with Gasteiger partial charge in [0, 0.05) is 70.4 Å². The highest BCUT2D eigenvalue weighted by Crippen LogP contribution is 2.62. The molecule has 0 unspecified atom stereocenters. The van der Waals surface area contributed by atoms with Crippen LogP contribution in [0, 0.1) is 0 Å². The monoisotopic (exact) mass is 1930 g/mol. The minimum atomic E-state index is -0.637. The third-order valence-corrected chi connectivity index (χ3v) is 32.0. The average Bonchev–Trinajstić information content (AvgIpc) is 1.53. The highest BCUT2D eigenvalue weighted by Gasteiger charge is 2.49. The second-order valence-corrected chi connectivity index (χ2v) is 40.1. The number of hydrogen-bond acceptors (Lipinski definition) is 4. The van der Waals surface area contributed by atoms with Gasteiger partial charge in [-0.05, 0) is 258 Å². The standard InChI is InChI=1S/C73H49NO.C73H49NS/c2*1-6-19-50(20-7-1)53-33-35-55(36-34-53)67-47-56(51-21-8-2-9-22-51)40-46-70(67)74(60-41-37-54(38-42-60)62-30-18-31-66-65-29-16-17-32-71(65)75-72(62)66)61-43-45-64-63-44-39-57(52-23-10-3-11-24-52)48-68(63)73(69(64)49-61,58-25-12-4-13-26-58)59-27-14-5-15-28-59/h2*1-49H. The molecule has 3 nitrogen and oxygen atoms in total. The van der Waals surface area contributed by atoms with Crippen molar-refractivity contribution in [3.8, 4) is 134 Å². The van der Waals surface area contributed by atoms with Crippen molar-refractivity contribution in [3.05, 3.63) is 639 Å². The van der Waals surface area contributed by atoms with Crippen LogP contribution in [0.15, 0.2) is 599 Å². The summed E-state index contributed by atoms with van der Waals surface area (Å²) < 4.78 is 9.21. The Bertz CT molecular complexity index is 8840. The van der Waals surface area contributed by atoms with Gasteiger partial charge in [-0.3, -0.25) is 0 Å². The van der Waals surface area contributed by atoms with Crippen molar-refractivity contribution in [2.24, 2.45) is 0 Å². The molecule has 26 aromatic rings. The largest absolute Gasteiger partial charge is 0.455 e. The Morgan fingerprint density at radius 2 is 0.427 bits per heavy atom. The summed E-state index contributed by atoms with van der Waals surface area (Å²) in [6.45, 7) is 0. The lowest BCUT2D eigenvalue weighted by atomic mass is 9.67. The summed E-state index contributed by atoms with van der Waals surface area (Å²) in [6, 6.07) is 218. The van der Waals surface area contributed by atoms with Crippen LogP contribution in [0.4, 0.5) is 34.1 Å². The van der Waals surface area contributed by atoms with Crippen LogP contribution in [0.2, 0.25) is 0 Å². The summed E-state index contributed by atoms with van der Waals surface area (Å²) in [5, 5.41) is 4.85. The molecule has 2 aliphatic carbocycles. The lowest BCUT2D eigenvalue weighted by Crippen LogP contribution is -2.28. The Morgan fingerprint density at radius 1 is 0.160 bits per heavy atom. The van der Waals surface area contributed by atoms with Crippen LogP contribution < -0.4 is 9.80 Å². The number of furan rings is 1. The fourth-order valence-electron chi connectivity index (χ4n) is 23.7. The summed E-state index contributed by atoms with van der Waals surface area (Å²) in [5.41, 5.74) is 45.2. The Morgan fingerprint density at radius 3 is 0.827 bits per heavy atom. The van der Waals surface area contributed by atoms with E-state index in [1.54, 1.807) is 0 Å². The first-order valence-electron chi connectivity index (χ1n) is 51.6. The van der Waals surface area contributed by atoms with Crippen LogP contribution in [0.5, 0.6) is 0 Å². The number of hydrogen-bond donors (Lipinski definition) is 0. The number of nitrogens with zero attached hydrogens (tertiary/aromatic N) is 2. The molecule has 4 heteroatoms. The second-order valence-electron chi connectivity index (χ2n) is 39.1. The maximum absolute atomic E-state index is 6.59.